The summed E-state index contributed by atoms with van der Waals surface area (Å²) in [5, 5.41) is 2.81. The van der Waals surface area contributed by atoms with E-state index >= 15 is 0 Å². The monoisotopic (exact) mass is 385 g/mol. The van der Waals surface area contributed by atoms with Crippen molar-refractivity contribution in [2.45, 2.75) is 12.8 Å². The number of amides is 1. The van der Waals surface area contributed by atoms with E-state index < -0.39 is 10.0 Å². The third-order valence-corrected chi connectivity index (χ3v) is 5.05. The number of fused-ring (bicyclic) bond motifs is 1. The molecule has 1 aliphatic rings. The minimum atomic E-state index is -3.53. The molecule has 2 rings (SSSR count). The van der Waals surface area contributed by atoms with Gasteiger partial charge in [0, 0.05) is 25.6 Å². The molecule has 1 N–H and O–H groups in total. The Labute approximate surface area is 155 Å². The van der Waals surface area contributed by atoms with Crippen molar-refractivity contribution < 1.29 is 22.7 Å². The van der Waals surface area contributed by atoms with Crippen LogP contribution in [-0.2, 0) is 14.8 Å². The van der Waals surface area contributed by atoms with Crippen LogP contribution in [-0.4, -0.2) is 72.4 Å². The first-order valence-electron chi connectivity index (χ1n) is 8.56. The number of carbonyl (C=O) groups excluding carboxylic acids is 1. The Hall–Kier alpha value is -2.00. The molecule has 0 radical (unpaired) electrons. The van der Waals surface area contributed by atoms with E-state index in [-0.39, 0.29) is 18.9 Å². The molecule has 0 saturated heterocycles. The van der Waals surface area contributed by atoms with E-state index in [0.717, 1.165) is 19.2 Å². The summed E-state index contributed by atoms with van der Waals surface area (Å²) in [5.74, 6) is 0.928. The Morgan fingerprint density at radius 3 is 2.50 bits per heavy atom. The van der Waals surface area contributed by atoms with E-state index in [9.17, 15) is 13.2 Å². The lowest BCUT2D eigenvalue weighted by molar-refractivity contribution is -0.120. The third kappa shape index (κ3) is 6.06. The van der Waals surface area contributed by atoms with Crippen LogP contribution in [0.1, 0.15) is 12.8 Å². The summed E-state index contributed by atoms with van der Waals surface area (Å²) < 4.78 is 36.5. The summed E-state index contributed by atoms with van der Waals surface area (Å²) in [5.41, 5.74) is 0.456. The largest absolute Gasteiger partial charge is 0.486 e. The van der Waals surface area contributed by atoms with E-state index in [0.29, 0.717) is 36.9 Å². The zero-order chi connectivity index (χ0) is 19.2. The molecule has 146 valence electrons. The normalized spacial score (nSPS) is 13.5. The van der Waals surface area contributed by atoms with Crippen LogP contribution in [0.4, 0.5) is 5.69 Å². The first kappa shape index (κ1) is 20.3. The molecule has 1 amide bonds. The van der Waals surface area contributed by atoms with E-state index in [1.165, 1.54) is 4.31 Å². The highest BCUT2D eigenvalue weighted by Crippen LogP contribution is 2.34. The van der Waals surface area contributed by atoms with Crippen LogP contribution in [0.3, 0.4) is 0 Å². The molecule has 0 saturated carbocycles. The lowest BCUT2D eigenvalue weighted by Crippen LogP contribution is -2.35. The SMILES string of the molecule is CN(C)CCCNC(=O)CCN(c1ccc2c(c1)OCCO2)S(C)(=O)=O. The smallest absolute Gasteiger partial charge is 0.232 e. The number of rotatable bonds is 9. The number of hydrogen-bond acceptors (Lipinski definition) is 6. The second-order valence-corrected chi connectivity index (χ2v) is 8.33. The number of anilines is 1. The van der Waals surface area contributed by atoms with Crippen LogP contribution in [0, 0.1) is 0 Å². The van der Waals surface area contributed by atoms with Crippen molar-refractivity contribution in [3.63, 3.8) is 0 Å². The van der Waals surface area contributed by atoms with Crippen LogP contribution in [0.15, 0.2) is 18.2 Å². The molecule has 0 fully saturated rings. The number of benzene rings is 1. The van der Waals surface area contributed by atoms with Gasteiger partial charge in [0.15, 0.2) is 11.5 Å². The molecule has 26 heavy (non-hydrogen) atoms. The number of carbonyl (C=O) groups is 1. The molecule has 8 nitrogen and oxygen atoms in total. The summed E-state index contributed by atoms with van der Waals surface area (Å²) in [6.07, 6.45) is 2.05. The number of nitrogens with one attached hydrogen (secondary N) is 1. The third-order valence-electron chi connectivity index (χ3n) is 3.86. The minimum absolute atomic E-state index is 0.0675. The molecule has 1 aromatic carbocycles. The van der Waals surface area contributed by atoms with Gasteiger partial charge >= 0.3 is 0 Å². The van der Waals surface area contributed by atoms with Crippen molar-refractivity contribution in [1.82, 2.24) is 10.2 Å². The van der Waals surface area contributed by atoms with Gasteiger partial charge in [0.2, 0.25) is 15.9 Å². The van der Waals surface area contributed by atoms with Gasteiger partial charge in [0.1, 0.15) is 13.2 Å². The van der Waals surface area contributed by atoms with Crippen LogP contribution in [0.25, 0.3) is 0 Å². The van der Waals surface area contributed by atoms with Gasteiger partial charge in [0.05, 0.1) is 11.9 Å². The fraction of sp³-hybridized carbons (Fsp3) is 0.588. The molecule has 1 aromatic rings. The number of nitrogens with zero attached hydrogens (tertiary/aromatic N) is 2. The van der Waals surface area contributed by atoms with Crippen LogP contribution in [0.5, 0.6) is 11.5 Å². The van der Waals surface area contributed by atoms with Gasteiger partial charge in [-0.2, -0.15) is 0 Å². The van der Waals surface area contributed by atoms with Crippen molar-refractivity contribution in [2.75, 3.05) is 57.5 Å². The lowest BCUT2D eigenvalue weighted by atomic mass is 10.2. The summed E-state index contributed by atoms with van der Waals surface area (Å²) in [7, 11) is 0.416. The molecular weight excluding hydrogens is 358 g/mol. The van der Waals surface area contributed by atoms with Crippen molar-refractivity contribution in [3.8, 4) is 11.5 Å². The quantitative estimate of drug-likeness (QED) is 0.629. The van der Waals surface area contributed by atoms with Crippen LogP contribution >= 0.6 is 0 Å². The van der Waals surface area contributed by atoms with Crippen LogP contribution in [0.2, 0.25) is 0 Å². The molecule has 0 aliphatic carbocycles. The summed E-state index contributed by atoms with van der Waals surface area (Å²) in [6, 6.07) is 4.97. The van der Waals surface area contributed by atoms with E-state index in [1.807, 2.05) is 19.0 Å². The van der Waals surface area contributed by atoms with Crippen molar-refractivity contribution >= 4 is 21.6 Å². The fourth-order valence-corrected chi connectivity index (χ4v) is 3.51. The first-order chi connectivity index (χ1) is 12.3. The maximum Gasteiger partial charge on any atom is 0.232 e. The maximum atomic E-state index is 12.2. The van der Waals surface area contributed by atoms with Gasteiger partial charge in [-0.15, -0.1) is 0 Å². The van der Waals surface area contributed by atoms with Gasteiger partial charge in [-0.25, -0.2) is 8.42 Å². The Morgan fingerprint density at radius 2 is 1.85 bits per heavy atom. The number of hydrogen-bond donors (Lipinski definition) is 1. The molecule has 0 unspecified atom stereocenters. The Morgan fingerprint density at radius 1 is 1.15 bits per heavy atom. The summed E-state index contributed by atoms with van der Waals surface area (Å²) >= 11 is 0. The van der Waals surface area contributed by atoms with Gasteiger partial charge in [-0.3, -0.25) is 9.10 Å². The molecule has 0 bridgehead atoms. The van der Waals surface area contributed by atoms with E-state index in [2.05, 4.69) is 5.32 Å². The maximum absolute atomic E-state index is 12.2. The standard InChI is InChI=1S/C17H27N3O5S/c1-19(2)9-4-8-18-17(21)7-10-20(26(3,22)23)14-5-6-15-16(13-14)25-12-11-24-15/h5-6,13H,4,7-12H2,1-3H3,(H,18,21). The van der Waals surface area contributed by atoms with Crippen molar-refractivity contribution in [3.05, 3.63) is 18.2 Å². The van der Waals surface area contributed by atoms with E-state index in [1.54, 1.807) is 18.2 Å². The topological polar surface area (TPSA) is 88.2 Å². The Balaban J connectivity index is 1.97. The molecule has 1 aliphatic heterocycles. The van der Waals surface area contributed by atoms with Gasteiger partial charge < -0.3 is 19.7 Å². The minimum Gasteiger partial charge on any atom is -0.486 e. The highest BCUT2D eigenvalue weighted by Gasteiger charge is 2.21. The summed E-state index contributed by atoms with van der Waals surface area (Å²) in [6.45, 7) is 2.41. The first-order valence-corrected chi connectivity index (χ1v) is 10.4. The average Bonchev–Trinajstić information content (AvgIpc) is 2.57. The highest BCUT2D eigenvalue weighted by molar-refractivity contribution is 7.92. The van der Waals surface area contributed by atoms with Crippen molar-refractivity contribution in [1.29, 1.82) is 0 Å². The highest BCUT2D eigenvalue weighted by atomic mass is 32.2. The molecular formula is C17H27N3O5S. The lowest BCUT2D eigenvalue weighted by Gasteiger charge is -2.25. The zero-order valence-corrected chi connectivity index (χ0v) is 16.3. The van der Waals surface area contributed by atoms with Crippen molar-refractivity contribution in [2.24, 2.45) is 0 Å². The van der Waals surface area contributed by atoms with E-state index in [4.69, 9.17) is 9.47 Å². The molecule has 0 aromatic heterocycles. The average molecular weight is 385 g/mol. The zero-order valence-electron chi connectivity index (χ0n) is 15.5. The fourth-order valence-electron chi connectivity index (χ4n) is 2.59. The number of ether oxygens (including phenoxy) is 2. The molecule has 9 heteroatoms. The van der Waals surface area contributed by atoms with Gasteiger partial charge in [-0.05, 0) is 39.2 Å². The predicted octanol–water partition coefficient (Wildman–Crippen LogP) is 0.682. The number of sulfonamides is 1. The molecule has 1 heterocycles. The Bertz CT molecular complexity index is 721. The Kier molecular flexibility index (Phi) is 7.10. The molecule has 0 spiro atoms. The second-order valence-electron chi connectivity index (χ2n) is 6.42. The van der Waals surface area contributed by atoms with Crippen LogP contribution < -0.4 is 19.1 Å². The van der Waals surface area contributed by atoms with Gasteiger partial charge in [-0.1, -0.05) is 0 Å². The second kappa shape index (κ2) is 9.09. The van der Waals surface area contributed by atoms with Gasteiger partial charge in [0.25, 0.3) is 0 Å². The predicted molar refractivity (Wildman–Crippen MR) is 100 cm³/mol. The summed E-state index contributed by atoms with van der Waals surface area (Å²) in [4.78, 5) is 14.0. The molecule has 0 atom stereocenters.